The predicted octanol–water partition coefficient (Wildman–Crippen LogP) is 3.72. The molecule has 2 N–H and O–H groups in total. The van der Waals surface area contributed by atoms with Crippen molar-refractivity contribution >= 4 is 34.8 Å². The van der Waals surface area contributed by atoms with E-state index in [1.807, 2.05) is 6.07 Å². The van der Waals surface area contributed by atoms with Crippen LogP contribution in [0.3, 0.4) is 0 Å². The molecule has 22 heavy (non-hydrogen) atoms. The molecule has 1 heterocycles. The van der Waals surface area contributed by atoms with Crippen LogP contribution in [0.2, 0.25) is 10.0 Å². The minimum Gasteiger partial charge on any atom is -0.467 e. The number of benzene rings is 1. The molecule has 1 amide bonds. The Kier molecular flexibility index (Phi) is 5.48. The predicted molar refractivity (Wildman–Crippen MR) is 84.3 cm³/mol. The van der Waals surface area contributed by atoms with E-state index in [9.17, 15) is 4.79 Å². The molecule has 0 radical (unpaired) electrons. The van der Waals surface area contributed by atoms with Crippen LogP contribution in [0.15, 0.2) is 52.8 Å². The third-order valence-corrected chi connectivity index (χ3v) is 3.23. The lowest BCUT2D eigenvalue weighted by molar-refractivity contribution is -0.117. The van der Waals surface area contributed by atoms with Crippen molar-refractivity contribution in [3.63, 3.8) is 0 Å². The highest BCUT2D eigenvalue weighted by atomic mass is 35.5. The van der Waals surface area contributed by atoms with Gasteiger partial charge in [0, 0.05) is 11.2 Å². The number of nitriles is 1. The summed E-state index contributed by atoms with van der Waals surface area (Å²) in [5.74, 6) is 0.0704. The number of halogens is 2. The summed E-state index contributed by atoms with van der Waals surface area (Å²) in [6, 6.07) is 10.1. The Morgan fingerprint density at radius 2 is 2.18 bits per heavy atom. The van der Waals surface area contributed by atoms with Gasteiger partial charge in [0.2, 0.25) is 0 Å². The summed E-state index contributed by atoms with van der Waals surface area (Å²) in [7, 11) is 0. The summed E-state index contributed by atoms with van der Waals surface area (Å²) in [5.41, 5.74) is 0.406. The molecule has 7 heteroatoms. The van der Waals surface area contributed by atoms with E-state index in [2.05, 4.69) is 10.6 Å². The van der Waals surface area contributed by atoms with Gasteiger partial charge in [-0.05, 0) is 30.3 Å². The van der Waals surface area contributed by atoms with E-state index >= 15 is 0 Å². The van der Waals surface area contributed by atoms with Crippen LogP contribution in [-0.2, 0) is 11.3 Å². The second-order valence-corrected chi connectivity index (χ2v) is 5.04. The molecule has 0 aliphatic heterocycles. The topological polar surface area (TPSA) is 78.1 Å². The molecule has 0 fully saturated rings. The van der Waals surface area contributed by atoms with Gasteiger partial charge in [-0.1, -0.05) is 23.2 Å². The van der Waals surface area contributed by atoms with Crippen molar-refractivity contribution in [2.45, 2.75) is 6.54 Å². The molecule has 0 atom stereocenters. The molecule has 112 valence electrons. The van der Waals surface area contributed by atoms with Gasteiger partial charge in [-0.15, -0.1) is 0 Å². The first kappa shape index (κ1) is 16.0. The van der Waals surface area contributed by atoms with Gasteiger partial charge in [-0.3, -0.25) is 4.79 Å². The second-order valence-electron chi connectivity index (χ2n) is 4.20. The first-order valence-corrected chi connectivity index (χ1v) is 6.98. The number of hydrogen-bond acceptors (Lipinski definition) is 4. The third kappa shape index (κ3) is 4.29. The monoisotopic (exact) mass is 335 g/mol. The Bertz CT molecular complexity index is 734. The lowest BCUT2D eigenvalue weighted by Gasteiger charge is -2.06. The van der Waals surface area contributed by atoms with Crippen LogP contribution in [0.25, 0.3) is 0 Å². The van der Waals surface area contributed by atoms with Crippen LogP contribution < -0.4 is 10.6 Å². The SMILES string of the molecule is N#C/C(=C/Nc1cc(Cl)ccc1Cl)C(=O)NCc1ccco1. The van der Waals surface area contributed by atoms with Crippen molar-refractivity contribution in [2.24, 2.45) is 0 Å². The number of rotatable bonds is 5. The van der Waals surface area contributed by atoms with E-state index in [1.54, 1.807) is 30.3 Å². The van der Waals surface area contributed by atoms with Gasteiger partial charge in [-0.25, -0.2) is 0 Å². The number of nitrogens with one attached hydrogen (secondary N) is 2. The number of carbonyl (C=O) groups excluding carboxylic acids is 1. The maximum atomic E-state index is 11.9. The van der Waals surface area contributed by atoms with Gasteiger partial charge in [0.25, 0.3) is 5.91 Å². The van der Waals surface area contributed by atoms with Crippen molar-refractivity contribution in [1.82, 2.24) is 5.32 Å². The van der Waals surface area contributed by atoms with Crippen LogP contribution in [0.4, 0.5) is 5.69 Å². The highest BCUT2D eigenvalue weighted by Crippen LogP contribution is 2.25. The van der Waals surface area contributed by atoms with E-state index in [4.69, 9.17) is 32.9 Å². The Balaban J connectivity index is 2.02. The molecular weight excluding hydrogens is 325 g/mol. The van der Waals surface area contributed by atoms with Crippen molar-refractivity contribution in [2.75, 3.05) is 5.32 Å². The first-order valence-electron chi connectivity index (χ1n) is 6.22. The molecule has 0 unspecified atom stereocenters. The Morgan fingerprint density at radius 3 is 2.86 bits per heavy atom. The Labute approximate surface area is 137 Å². The van der Waals surface area contributed by atoms with E-state index in [0.29, 0.717) is 21.5 Å². The highest BCUT2D eigenvalue weighted by Gasteiger charge is 2.09. The summed E-state index contributed by atoms with van der Waals surface area (Å²) in [6.45, 7) is 0.197. The maximum absolute atomic E-state index is 11.9. The summed E-state index contributed by atoms with van der Waals surface area (Å²) >= 11 is 11.8. The molecule has 1 aromatic heterocycles. The lowest BCUT2D eigenvalue weighted by atomic mass is 10.2. The molecule has 1 aromatic carbocycles. The van der Waals surface area contributed by atoms with E-state index in [1.165, 1.54) is 12.5 Å². The van der Waals surface area contributed by atoms with Gasteiger partial charge in [0.05, 0.1) is 23.5 Å². The van der Waals surface area contributed by atoms with Crippen LogP contribution in [0.5, 0.6) is 0 Å². The third-order valence-electron chi connectivity index (χ3n) is 2.67. The molecule has 0 aliphatic carbocycles. The van der Waals surface area contributed by atoms with Gasteiger partial charge in [-0.2, -0.15) is 5.26 Å². The average Bonchev–Trinajstić information content (AvgIpc) is 3.02. The Hall–Kier alpha value is -2.42. The maximum Gasteiger partial charge on any atom is 0.263 e. The van der Waals surface area contributed by atoms with Crippen LogP contribution >= 0.6 is 23.2 Å². The largest absolute Gasteiger partial charge is 0.467 e. The zero-order valence-electron chi connectivity index (χ0n) is 11.3. The van der Waals surface area contributed by atoms with Gasteiger partial charge < -0.3 is 15.1 Å². The summed E-state index contributed by atoms with van der Waals surface area (Å²) < 4.78 is 5.09. The zero-order valence-corrected chi connectivity index (χ0v) is 12.8. The normalized spacial score (nSPS) is 10.9. The smallest absolute Gasteiger partial charge is 0.263 e. The summed E-state index contributed by atoms with van der Waals surface area (Å²) in [6.07, 6.45) is 2.78. The Morgan fingerprint density at radius 1 is 1.36 bits per heavy atom. The molecule has 2 rings (SSSR count). The van der Waals surface area contributed by atoms with Gasteiger partial charge in [0.1, 0.15) is 17.4 Å². The fourth-order valence-corrected chi connectivity index (χ4v) is 1.93. The first-order chi connectivity index (χ1) is 10.6. The van der Waals surface area contributed by atoms with E-state index in [-0.39, 0.29) is 12.1 Å². The van der Waals surface area contributed by atoms with Crippen LogP contribution in [-0.4, -0.2) is 5.91 Å². The minimum atomic E-state index is -0.524. The molecule has 0 bridgehead atoms. The number of hydrogen-bond donors (Lipinski definition) is 2. The molecule has 5 nitrogen and oxygen atoms in total. The number of furan rings is 1. The van der Waals surface area contributed by atoms with Crippen LogP contribution in [0.1, 0.15) is 5.76 Å². The van der Waals surface area contributed by atoms with Crippen molar-refractivity contribution in [1.29, 1.82) is 5.26 Å². The van der Waals surface area contributed by atoms with Crippen molar-refractivity contribution in [3.8, 4) is 6.07 Å². The quantitative estimate of drug-likeness (QED) is 0.644. The number of amides is 1. The number of anilines is 1. The van der Waals surface area contributed by atoms with Crippen LogP contribution in [0, 0.1) is 11.3 Å². The fourth-order valence-electron chi connectivity index (χ4n) is 1.58. The molecule has 0 saturated carbocycles. The second kappa shape index (κ2) is 7.55. The van der Waals surface area contributed by atoms with Gasteiger partial charge in [0.15, 0.2) is 0 Å². The summed E-state index contributed by atoms with van der Waals surface area (Å²) in [4.78, 5) is 11.9. The van der Waals surface area contributed by atoms with E-state index in [0.717, 1.165) is 0 Å². The highest BCUT2D eigenvalue weighted by molar-refractivity contribution is 6.35. The molecule has 2 aromatic rings. The van der Waals surface area contributed by atoms with Gasteiger partial charge >= 0.3 is 0 Å². The number of nitrogens with zero attached hydrogens (tertiary/aromatic N) is 1. The fraction of sp³-hybridized carbons (Fsp3) is 0.0667. The molecular formula is C15H11Cl2N3O2. The average molecular weight is 336 g/mol. The lowest BCUT2D eigenvalue weighted by Crippen LogP contribution is -2.24. The minimum absolute atomic E-state index is 0.0948. The zero-order chi connectivity index (χ0) is 15.9. The van der Waals surface area contributed by atoms with Crippen molar-refractivity contribution < 1.29 is 9.21 Å². The van der Waals surface area contributed by atoms with E-state index < -0.39 is 5.91 Å². The summed E-state index contributed by atoms with van der Waals surface area (Å²) in [5, 5.41) is 15.3. The molecule has 0 aliphatic rings. The standard InChI is InChI=1S/C15H11Cl2N3O2/c16-11-3-4-13(17)14(6-11)19-8-10(7-18)15(21)20-9-12-2-1-5-22-12/h1-6,8,19H,9H2,(H,20,21)/b10-8-. The molecule has 0 saturated heterocycles. The van der Waals surface area contributed by atoms with Crippen molar-refractivity contribution in [3.05, 3.63) is 64.2 Å². The number of carbonyl (C=O) groups is 1. The molecule has 0 spiro atoms.